The Morgan fingerprint density at radius 1 is 1.50 bits per heavy atom. The number of hydrogen-bond acceptors (Lipinski definition) is 1. The third kappa shape index (κ3) is 3.15. The molecule has 0 heterocycles. The minimum Gasteiger partial charge on any atom is -0.492 e. The molecule has 1 aromatic rings. The Balaban J connectivity index is 2.46. The van der Waals surface area contributed by atoms with Gasteiger partial charge in [0.25, 0.3) is 0 Å². The van der Waals surface area contributed by atoms with Gasteiger partial charge in [-0.05, 0) is 40.5 Å². The van der Waals surface area contributed by atoms with E-state index in [2.05, 4.69) is 37.9 Å². The van der Waals surface area contributed by atoms with Crippen LogP contribution in [-0.2, 0) is 0 Å². The summed E-state index contributed by atoms with van der Waals surface area (Å²) in [6.45, 7) is 0.744. The third-order valence-corrected chi connectivity index (χ3v) is 2.49. The predicted molar refractivity (Wildman–Crippen MR) is 56.9 cm³/mol. The van der Waals surface area contributed by atoms with Crippen molar-refractivity contribution in [2.75, 3.05) is 11.9 Å². The second-order valence-electron chi connectivity index (χ2n) is 2.25. The van der Waals surface area contributed by atoms with E-state index in [1.54, 1.807) is 0 Å². The highest BCUT2D eigenvalue weighted by Crippen LogP contribution is 2.23. The largest absolute Gasteiger partial charge is 0.492 e. The van der Waals surface area contributed by atoms with Crippen molar-refractivity contribution in [3.63, 3.8) is 0 Å². The summed E-state index contributed by atoms with van der Waals surface area (Å²) in [6.07, 6.45) is 1.02. The van der Waals surface area contributed by atoms with Crippen molar-refractivity contribution in [3.8, 4) is 5.75 Å². The lowest BCUT2D eigenvalue weighted by Crippen LogP contribution is -1.97. The first kappa shape index (κ1) is 10.1. The lowest BCUT2D eigenvalue weighted by atomic mass is 10.3. The maximum absolute atomic E-state index is 5.48. The molecule has 0 bridgehead atoms. The van der Waals surface area contributed by atoms with Crippen molar-refractivity contribution in [2.24, 2.45) is 0 Å². The van der Waals surface area contributed by atoms with E-state index in [1.165, 1.54) is 0 Å². The molecule has 65 valence electrons. The molecule has 0 saturated carbocycles. The Bertz CT molecular complexity index is 238. The summed E-state index contributed by atoms with van der Waals surface area (Å²) in [6, 6.07) is 8.55. The fourth-order valence-electron chi connectivity index (χ4n) is 0.750. The standard InChI is InChI=1S/C9H9Br2O/c10-6-3-7-12-9-5-2-1-4-8(9)11/h2,4-5H,3,6-7H2. The van der Waals surface area contributed by atoms with E-state index in [0.29, 0.717) is 0 Å². The molecule has 12 heavy (non-hydrogen) atoms. The van der Waals surface area contributed by atoms with Crippen LogP contribution in [0.3, 0.4) is 0 Å². The molecule has 0 aliphatic carbocycles. The second-order valence-corrected chi connectivity index (χ2v) is 3.89. The molecule has 0 atom stereocenters. The molecule has 0 fully saturated rings. The van der Waals surface area contributed by atoms with E-state index in [1.807, 2.05) is 18.2 Å². The molecule has 0 saturated heterocycles. The normalized spacial score (nSPS) is 9.83. The fourth-order valence-corrected chi connectivity index (χ4v) is 1.36. The summed E-state index contributed by atoms with van der Waals surface area (Å²) in [5, 5.41) is 0.976. The molecule has 1 aromatic carbocycles. The average Bonchev–Trinajstić information content (AvgIpc) is 2.09. The molecule has 1 rings (SSSR count). The van der Waals surface area contributed by atoms with Gasteiger partial charge in [-0.2, -0.15) is 0 Å². The van der Waals surface area contributed by atoms with Gasteiger partial charge in [0, 0.05) is 5.33 Å². The highest BCUT2D eigenvalue weighted by molar-refractivity contribution is 9.10. The summed E-state index contributed by atoms with van der Waals surface area (Å²) in [4.78, 5) is 0. The monoisotopic (exact) mass is 291 g/mol. The van der Waals surface area contributed by atoms with E-state index in [9.17, 15) is 0 Å². The van der Waals surface area contributed by atoms with Gasteiger partial charge in [0.05, 0.1) is 11.1 Å². The van der Waals surface area contributed by atoms with Crippen molar-refractivity contribution in [2.45, 2.75) is 6.42 Å². The van der Waals surface area contributed by atoms with Gasteiger partial charge in [-0.1, -0.05) is 22.0 Å². The topological polar surface area (TPSA) is 9.23 Å². The molecule has 0 amide bonds. The van der Waals surface area contributed by atoms with Gasteiger partial charge in [-0.3, -0.25) is 0 Å². The van der Waals surface area contributed by atoms with Crippen LogP contribution >= 0.6 is 31.9 Å². The highest BCUT2D eigenvalue weighted by atomic mass is 79.9. The summed E-state index contributed by atoms with van der Waals surface area (Å²) >= 11 is 6.72. The Morgan fingerprint density at radius 2 is 2.33 bits per heavy atom. The van der Waals surface area contributed by atoms with Gasteiger partial charge in [0.15, 0.2) is 0 Å². The number of benzene rings is 1. The molecule has 0 N–H and O–H groups in total. The fraction of sp³-hybridized carbons (Fsp3) is 0.333. The molecule has 0 aromatic heterocycles. The maximum Gasteiger partial charge on any atom is 0.133 e. The lowest BCUT2D eigenvalue weighted by molar-refractivity contribution is 0.317. The minimum absolute atomic E-state index is 0.744. The van der Waals surface area contributed by atoms with Crippen LogP contribution in [0.25, 0.3) is 0 Å². The van der Waals surface area contributed by atoms with Gasteiger partial charge in [0.1, 0.15) is 5.75 Å². The van der Waals surface area contributed by atoms with E-state index in [4.69, 9.17) is 4.74 Å². The second kappa shape index (κ2) is 5.60. The van der Waals surface area contributed by atoms with Crippen LogP contribution in [0.5, 0.6) is 5.75 Å². The van der Waals surface area contributed by atoms with Crippen molar-refractivity contribution < 1.29 is 4.74 Å². The van der Waals surface area contributed by atoms with Gasteiger partial charge in [-0.15, -0.1) is 0 Å². The maximum atomic E-state index is 5.48. The Labute approximate surface area is 89.4 Å². The smallest absolute Gasteiger partial charge is 0.133 e. The zero-order valence-electron chi connectivity index (χ0n) is 6.52. The molecule has 1 radical (unpaired) electrons. The summed E-state index contributed by atoms with van der Waals surface area (Å²) in [7, 11) is 0. The highest BCUT2D eigenvalue weighted by Gasteiger charge is 1.97. The van der Waals surface area contributed by atoms with Crippen molar-refractivity contribution in [1.82, 2.24) is 0 Å². The predicted octanol–water partition coefficient (Wildman–Crippen LogP) is 3.41. The first-order valence-electron chi connectivity index (χ1n) is 3.69. The van der Waals surface area contributed by atoms with Gasteiger partial charge in [0.2, 0.25) is 0 Å². The molecule has 0 aliphatic heterocycles. The number of halogens is 2. The zero-order chi connectivity index (χ0) is 8.81. The molecule has 0 unspecified atom stereocenters. The van der Waals surface area contributed by atoms with Crippen LogP contribution in [-0.4, -0.2) is 11.9 Å². The molecular weight excluding hydrogens is 284 g/mol. The Hall–Kier alpha value is -0.0200. The van der Waals surface area contributed by atoms with Crippen LogP contribution in [0.1, 0.15) is 6.42 Å². The number of hydrogen-bond donors (Lipinski definition) is 0. The van der Waals surface area contributed by atoms with Crippen LogP contribution in [0.2, 0.25) is 0 Å². The van der Waals surface area contributed by atoms with Crippen LogP contribution < -0.4 is 4.74 Å². The molecular formula is C9H9Br2O. The quantitative estimate of drug-likeness (QED) is 0.610. The van der Waals surface area contributed by atoms with E-state index < -0.39 is 0 Å². The van der Waals surface area contributed by atoms with E-state index >= 15 is 0 Å². The van der Waals surface area contributed by atoms with Crippen molar-refractivity contribution in [3.05, 3.63) is 28.7 Å². The van der Waals surface area contributed by atoms with Crippen LogP contribution in [0.15, 0.2) is 22.7 Å². The van der Waals surface area contributed by atoms with Crippen LogP contribution in [0, 0.1) is 6.07 Å². The summed E-state index contributed by atoms with van der Waals surface area (Å²) in [5.74, 6) is 0.884. The number of rotatable bonds is 4. The SMILES string of the molecule is BrCCCOc1cc[c]cc1Br. The first-order chi connectivity index (χ1) is 5.84. The summed E-state index contributed by atoms with van der Waals surface area (Å²) < 4.78 is 6.44. The zero-order valence-corrected chi connectivity index (χ0v) is 9.69. The van der Waals surface area contributed by atoms with Gasteiger partial charge < -0.3 is 4.74 Å². The number of alkyl halides is 1. The number of ether oxygens (including phenoxy) is 1. The first-order valence-corrected chi connectivity index (χ1v) is 5.60. The van der Waals surface area contributed by atoms with Gasteiger partial charge >= 0.3 is 0 Å². The Kier molecular flexibility index (Phi) is 4.69. The average molecular weight is 293 g/mol. The van der Waals surface area contributed by atoms with E-state index in [-0.39, 0.29) is 0 Å². The molecule has 0 spiro atoms. The summed E-state index contributed by atoms with van der Waals surface area (Å²) in [5.41, 5.74) is 0. The Morgan fingerprint density at radius 3 is 3.00 bits per heavy atom. The third-order valence-electron chi connectivity index (χ3n) is 1.31. The van der Waals surface area contributed by atoms with Crippen molar-refractivity contribution >= 4 is 31.9 Å². The molecule has 0 aliphatic rings. The van der Waals surface area contributed by atoms with Crippen molar-refractivity contribution in [1.29, 1.82) is 0 Å². The molecule has 1 nitrogen and oxygen atoms in total. The lowest BCUT2D eigenvalue weighted by Gasteiger charge is -2.05. The minimum atomic E-state index is 0.744. The molecule has 3 heteroatoms. The van der Waals surface area contributed by atoms with Gasteiger partial charge in [-0.25, -0.2) is 0 Å². The van der Waals surface area contributed by atoms with E-state index in [0.717, 1.165) is 28.6 Å². The van der Waals surface area contributed by atoms with Crippen LogP contribution in [0.4, 0.5) is 0 Å².